The Morgan fingerprint density at radius 1 is 1.19 bits per heavy atom. The van der Waals surface area contributed by atoms with Crippen molar-refractivity contribution < 1.29 is 4.79 Å². The van der Waals surface area contributed by atoms with Gasteiger partial charge in [0, 0.05) is 32.4 Å². The van der Waals surface area contributed by atoms with E-state index in [4.69, 9.17) is 5.73 Å². The SMILES string of the molecule is Cl.Cl.NCCNC(=O)c1ccc(N2CCCCCC2)nc1. The van der Waals surface area contributed by atoms with E-state index in [0.717, 1.165) is 18.9 Å². The number of carbonyl (C=O) groups excluding carboxylic acids is 1. The quantitative estimate of drug-likeness (QED) is 0.883. The van der Waals surface area contributed by atoms with Gasteiger partial charge in [-0.3, -0.25) is 4.79 Å². The lowest BCUT2D eigenvalue weighted by Crippen LogP contribution is -2.29. The number of halogens is 2. The lowest BCUT2D eigenvalue weighted by molar-refractivity contribution is 0.0954. The van der Waals surface area contributed by atoms with E-state index in [2.05, 4.69) is 15.2 Å². The molecule has 0 radical (unpaired) electrons. The molecule has 3 N–H and O–H groups in total. The molecule has 120 valence electrons. The van der Waals surface area contributed by atoms with Crippen LogP contribution in [-0.2, 0) is 0 Å². The maximum absolute atomic E-state index is 11.7. The molecule has 0 aromatic carbocycles. The van der Waals surface area contributed by atoms with Gasteiger partial charge in [0.25, 0.3) is 5.91 Å². The summed E-state index contributed by atoms with van der Waals surface area (Å²) in [6.45, 7) is 3.06. The molecular weight excluding hydrogens is 311 g/mol. The minimum atomic E-state index is -0.111. The lowest BCUT2D eigenvalue weighted by atomic mass is 10.2. The van der Waals surface area contributed by atoms with Gasteiger partial charge in [-0.15, -0.1) is 24.8 Å². The molecular formula is C14H24Cl2N4O. The van der Waals surface area contributed by atoms with E-state index in [-0.39, 0.29) is 30.7 Å². The van der Waals surface area contributed by atoms with Crippen LogP contribution in [0.3, 0.4) is 0 Å². The van der Waals surface area contributed by atoms with Gasteiger partial charge in [-0.25, -0.2) is 4.98 Å². The molecule has 1 saturated heterocycles. The van der Waals surface area contributed by atoms with Crippen LogP contribution < -0.4 is 16.0 Å². The van der Waals surface area contributed by atoms with Gasteiger partial charge in [0.1, 0.15) is 5.82 Å². The monoisotopic (exact) mass is 334 g/mol. The van der Waals surface area contributed by atoms with Gasteiger partial charge in [-0.2, -0.15) is 0 Å². The molecule has 2 heterocycles. The molecule has 1 amide bonds. The summed E-state index contributed by atoms with van der Waals surface area (Å²) < 4.78 is 0. The van der Waals surface area contributed by atoms with Crippen LogP contribution in [0.5, 0.6) is 0 Å². The van der Waals surface area contributed by atoms with Crippen LogP contribution in [0.25, 0.3) is 0 Å². The first-order valence-corrected chi connectivity index (χ1v) is 7.00. The van der Waals surface area contributed by atoms with Gasteiger partial charge in [0.2, 0.25) is 0 Å². The predicted molar refractivity (Wildman–Crippen MR) is 90.8 cm³/mol. The molecule has 0 bridgehead atoms. The fourth-order valence-electron chi connectivity index (χ4n) is 2.29. The summed E-state index contributed by atoms with van der Waals surface area (Å²) in [4.78, 5) is 18.4. The summed E-state index contributed by atoms with van der Waals surface area (Å²) in [6.07, 6.45) is 6.69. The van der Waals surface area contributed by atoms with Crippen molar-refractivity contribution >= 4 is 36.5 Å². The highest BCUT2D eigenvalue weighted by molar-refractivity contribution is 5.94. The Labute approximate surface area is 138 Å². The summed E-state index contributed by atoms with van der Waals surface area (Å²) in [5.74, 6) is 0.859. The maximum atomic E-state index is 11.7. The second-order valence-corrected chi connectivity index (χ2v) is 4.85. The second-order valence-electron chi connectivity index (χ2n) is 4.85. The molecule has 1 aliphatic heterocycles. The van der Waals surface area contributed by atoms with Crippen LogP contribution in [-0.4, -0.2) is 37.1 Å². The van der Waals surface area contributed by atoms with Crippen molar-refractivity contribution in [1.82, 2.24) is 10.3 Å². The molecule has 0 atom stereocenters. The summed E-state index contributed by atoms with van der Waals surface area (Å²) in [7, 11) is 0. The lowest BCUT2D eigenvalue weighted by Gasteiger charge is -2.21. The first kappa shape index (κ1) is 20.0. The van der Waals surface area contributed by atoms with Crippen LogP contribution >= 0.6 is 24.8 Å². The standard InChI is InChI=1S/C14H22N4O.2ClH/c15-7-8-16-14(19)12-5-6-13(17-11-12)18-9-3-1-2-4-10-18;;/h5-6,11H,1-4,7-10,15H2,(H,16,19);2*1H. The number of hydrogen-bond acceptors (Lipinski definition) is 4. The zero-order chi connectivity index (χ0) is 13.5. The molecule has 0 spiro atoms. The Balaban J connectivity index is 0.00000200. The maximum Gasteiger partial charge on any atom is 0.252 e. The summed E-state index contributed by atoms with van der Waals surface area (Å²) in [5, 5.41) is 2.74. The largest absolute Gasteiger partial charge is 0.357 e. The van der Waals surface area contributed by atoms with Gasteiger partial charge in [-0.1, -0.05) is 12.8 Å². The normalized spacial score (nSPS) is 14.4. The van der Waals surface area contributed by atoms with Gasteiger partial charge in [-0.05, 0) is 25.0 Å². The van der Waals surface area contributed by atoms with E-state index in [1.54, 1.807) is 6.20 Å². The first-order chi connectivity index (χ1) is 9.31. The second kappa shape index (κ2) is 10.7. The van der Waals surface area contributed by atoms with Gasteiger partial charge < -0.3 is 16.0 Å². The van der Waals surface area contributed by atoms with Crippen LogP contribution in [0.1, 0.15) is 36.0 Å². The third kappa shape index (κ3) is 6.08. The number of carbonyl (C=O) groups is 1. The minimum absolute atomic E-state index is 0. The van der Waals surface area contributed by atoms with E-state index < -0.39 is 0 Å². The molecule has 1 aromatic heterocycles. The third-order valence-electron chi connectivity index (χ3n) is 3.37. The number of nitrogens with two attached hydrogens (primary N) is 1. The summed E-state index contributed by atoms with van der Waals surface area (Å²) in [5.41, 5.74) is 5.94. The van der Waals surface area contributed by atoms with Crippen LogP contribution in [0.2, 0.25) is 0 Å². The number of nitrogens with zero attached hydrogens (tertiary/aromatic N) is 2. The molecule has 1 aliphatic rings. The number of hydrogen-bond donors (Lipinski definition) is 2. The Hall–Kier alpha value is -1.04. The average Bonchev–Trinajstić information content (AvgIpc) is 2.74. The van der Waals surface area contributed by atoms with E-state index in [1.807, 2.05) is 12.1 Å². The molecule has 5 nitrogen and oxygen atoms in total. The van der Waals surface area contributed by atoms with Crippen molar-refractivity contribution in [2.24, 2.45) is 5.73 Å². The van der Waals surface area contributed by atoms with Crippen molar-refractivity contribution in [1.29, 1.82) is 0 Å². The van der Waals surface area contributed by atoms with E-state index in [0.29, 0.717) is 18.7 Å². The van der Waals surface area contributed by atoms with E-state index in [9.17, 15) is 4.79 Å². The summed E-state index contributed by atoms with van der Waals surface area (Å²) in [6, 6.07) is 3.77. The molecule has 0 aliphatic carbocycles. The van der Waals surface area contributed by atoms with Crippen LogP contribution in [0.15, 0.2) is 18.3 Å². The Kier molecular flexibility index (Phi) is 10.1. The number of rotatable bonds is 4. The Morgan fingerprint density at radius 3 is 2.38 bits per heavy atom. The van der Waals surface area contributed by atoms with Crippen LogP contribution in [0, 0.1) is 0 Å². The van der Waals surface area contributed by atoms with E-state index in [1.165, 1.54) is 25.7 Å². The van der Waals surface area contributed by atoms with Crippen molar-refractivity contribution in [2.75, 3.05) is 31.1 Å². The Bertz CT molecular complexity index is 406. The van der Waals surface area contributed by atoms with Crippen molar-refractivity contribution in [3.05, 3.63) is 23.9 Å². The van der Waals surface area contributed by atoms with Crippen molar-refractivity contribution in [3.8, 4) is 0 Å². The number of aromatic nitrogens is 1. The summed E-state index contributed by atoms with van der Waals surface area (Å²) >= 11 is 0. The highest BCUT2D eigenvalue weighted by Gasteiger charge is 2.12. The molecule has 7 heteroatoms. The van der Waals surface area contributed by atoms with Crippen molar-refractivity contribution in [2.45, 2.75) is 25.7 Å². The van der Waals surface area contributed by atoms with E-state index >= 15 is 0 Å². The van der Waals surface area contributed by atoms with Crippen molar-refractivity contribution in [3.63, 3.8) is 0 Å². The molecule has 0 unspecified atom stereocenters. The topological polar surface area (TPSA) is 71.2 Å². The number of amides is 1. The smallest absolute Gasteiger partial charge is 0.252 e. The van der Waals surface area contributed by atoms with Crippen LogP contribution in [0.4, 0.5) is 5.82 Å². The number of anilines is 1. The fraction of sp³-hybridized carbons (Fsp3) is 0.571. The number of nitrogens with one attached hydrogen (secondary N) is 1. The van der Waals surface area contributed by atoms with Gasteiger partial charge in [0.05, 0.1) is 5.56 Å². The minimum Gasteiger partial charge on any atom is -0.357 e. The molecule has 2 rings (SSSR count). The zero-order valence-corrected chi connectivity index (χ0v) is 13.7. The first-order valence-electron chi connectivity index (χ1n) is 7.00. The fourth-order valence-corrected chi connectivity index (χ4v) is 2.29. The van der Waals surface area contributed by atoms with Gasteiger partial charge in [0.15, 0.2) is 0 Å². The highest BCUT2D eigenvalue weighted by atomic mass is 35.5. The highest BCUT2D eigenvalue weighted by Crippen LogP contribution is 2.17. The molecule has 1 aromatic rings. The molecule has 21 heavy (non-hydrogen) atoms. The average molecular weight is 335 g/mol. The van der Waals surface area contributed by atoms with Gasteiger partial charge >= 0.3 is 0 Å². The Morgan fingerprint density at radius 2 is 1.86 bits per heavy atom. The predicted octanol–water partition coefficient (Wildman–Crippen LogP) is 1.99. The number of pyridine rings is 1. The zero-order valence-electron chi connectivity index (χ0n) is 12.1. The third-order valence-corrected chi connectivity index (χ3v) is 3.37. The molecule has 0 saturated carbocycles. The molecule has 1 fully saturated rings.